The van der Waals surface area contributed by atoms with Crippen LogP contribution in [-0.4, -0.2) is 40.0 Å². The molecule has 1 saturated heterocycles. The molecule has 22 heavy (non-hydrogen) atoms. The van der Waals surface area contributed by atoms with Gasteiger partial charge in [-0.05, 0) is 13.8 Å². The molecule has 1 aromatic rings. The van der Waals surface area contributed by atoms with Crippen LogP contribution in [0.25, 0.3) is 0 Å². The van der Waals surface area contributed by atoms with E-state index in [1.54, 1.807) is 19.9 Å². The summed E-state index contributed by atoms with van der Waals surface area (Å²) in [5, 5.41) is 8.87. The number of amides is 4. The van der Waals surface area contributed by atoms with Crippen LogP contribution in [0.5, 0.6) is 0 Å². The van der Waals surface area contributed by atoms with Gasteiger partial charge in [0.05, 0.1) is 5.69 Å². The number of aromatic nitrogens is 1. The second-order valence-electron chi connectivity index (χ2n) is 6.82. The third kappa shape index (κ3) is 3.10. The van der Waals surface area contributed by atoms with E-state index < -0.39 is 23.4 Å². The Bertz CT molecular complexity index is 627. The maximum Gasteiger partial charge on any atom is 0.325 e. The van der Waals surface area contributed by atoms with Gasteiger partial charge in [0.25, 0.3) is 5.91 Å². The van der Waals surface area contributed by atoms with Crippen molar-refractivity contribution < 1.29 is 18.9 Å². The van der Waals surface area contributed by atoms with E-state index in [1.165, 1.54) is 0 Å². The lowest BCUT2D eigenvalue weighted by atomic mass is 9.92. The first-order valence-corrected chi connectivity index (χ1v) is 6.92. The summed E-state index contributed by atoms with van der Waals surface area (Å²) in [6.07, 6.45) is 0. The predicted molar refractivity (Wildman–Crippen MR) is 78.2 cm³/mol. The van der Waals surface area contributed by atoms with Gasteiger partial charge in [-0.2, -0.15) is 0 Å². The number of rotatable bonds is 3. The zero-order valence-electron chi connectivity index (χ0n) is 13.3. The summed E-state index contributed by atoms with van der Waals surface area (Å²) in [5.74, 6) is -0.792. The molecule has 8 nitrogen and oxygen atoms in total. The van der Waals surface area contributed by atoms with Crippen molar-refractivity contribution in [3.63, 3.8) is 0 Å². The maximum atomic E-state index is 12.0. The molecule has 0 atom stereocenters. The average molecular weight is 308 g/mol. The monoisotopic (exact) mass is 308 g/mol. The second-order valence-corrected chi connectivity index (χ2v) is 6.82. The summed E-state index contributed by atoms with van der Waals surface area (Å²) < 4.78 is 5.03. The van der Waals surface area contributed by atoms with Gasteiger partial charge in [-0.25, -0.2) is 4.79 Å². The van der Waals surface area contributed by atoms with Crippen LogP contribution in [0.1, 0.15) is 40.3 Å². The summed E-state index contributed by atoms with van der Waals surface area (Å²) >= 11 is 0. The summed E-state index contributed by atoms with van der Waals surface area (Å²) in [5.41, 5.74) is -0.511. The van der Waals surface area contributed by atoms with E-state index >= 15 is 0 Å². The molecule has 4 amide bonds. The van der Waals surface area contributed by atoms with Crippen molar-refractivity contribution in [2.24, 2.45) is 0 Å². The molecule has 1 aliphatic heterocycles. The molecule has 0 radical (unpaired) electrons. The highest BCUT2D eigenvalue weighted by Gasteiger charge is 2.44. The lowest BCUT2D eigenvalue weighted by Crippen LogP contribution is -2.41. The van der Waals surface area contributed by atoms with Gasteiger partial charge >= 0.3 is 6.03 Å². The number of anilines is 1. The van der Waals surface area contributed by atoms with Crippen LogP contribution in [-0.2, 0) is 15.0 Å². The van der Waals surface area contributed by atoms with Gasteiger partial charge in [0, 0.05) is 11.5 Å². The first-order chi connectivity index (χ1) is 10.0. The molecule has 0 unspecified atom stereocenters. The molecule has 2 N–H and O–H groups in total. The van der Waals surface area contributed by atoms with E-state index in [9.17, 15) is 14.4 Å². The molecule has 120 valence electrons. The first kappa shape index (κ1) is 16.0. The standard InChI is InChI=1S/C14H20N4O4/c1-13(2,3)8-6-10(22-17-8)15-9(19)7-18-11(20)14(4,5)16-12(18)21/h6H,7H2,1-5H3,(H,15,19)(H,16,21). The molecular weight excluding hydrogens is 288 g/mol. The minimum absolute atomic E-state index is 0.182. The van der Waals surface area contributed by atoms with Crippen LogP contribution in [0.3, 0.4) is 0 Å². The van der Waals surface area contributed by atoms with Crippen molar-refractivity contribution in [1.82, 2.24) is 15.4 Å². The summed E-state index contributed by atoms with van der Waals surface area (Å²) in [6.45, 7) is 8.68. The number of carbonyl (C=O) groups excluding carboxylic acids is 3. The molecule has 2 heterocycles. The quantitative estimate of drug-likeness (QED) is 0.817. The van der Waals surface area contributed by atoms with E-state index in [0.717, 1.165) is 4.90 Å². The van der Waals surface area contributed by atoms with E-state index in [4.69, 9.17) is 4.52 Å². The smallest absolute Gasteiger partial charge is 0.325 e. The number of nitrogens with zero attached hydrogens (tertiary/aromatic N) is 2. The van der Waals surface area contributed by atoms with Crippen molar-refractivity contribution >= 4 is 23.7 Å². The number of imide groups is 1. The molecule has 1 aliphatic rings. The molecule has 2 rings (SSSR count). The average Bonchev–Trinajstić information content (AvgIpc) is 2.88. The van der Waals surface area contributed by atoms with Crippen LogP contribution < -0.4 is 10.6 Å². The fourth-order valence-corrected chi connectivity index (χ4v) is 1.97. The Morgan fingerprint density at radius 3 is 2.50 bits per heavy atom. The normalized spacial score (nSPS) is 17.6. The Labute approximate surface area is 128 Å². The van der Waals surface area contributed by atoms with Gasteiger partial charge in [0.15, 0.2) is 0 Å². The Balaban J connectivity index is 2.01. The topological polar surface area (TPSA) is 105 Å². The Morgan fingerprint density at radius 1 is 1.41 bits per heavy atom. The van der Waals surface area contributed by atoms with Crippen molar-refractivity contribution in [1.29, 1.82) is 0 Å². The number of hydrogen-bond acceptors (Lipinski definition) is 5. The lowest BCUT2D eigenvalue weighted by Gasteiger charge is -2.15. The number of nitrogens with one attached hydrogen (secondary N) is 2. The van der Waals surface area contributed by atoms with Gasteiger partial charge in [0.1, 0.15) is 12.1 Å². The lowest BCUT2D eigenvalue weighted by molar-refractivity contribution is -0.133. The Hall–Kier alpha value is -2.38. The molecule has 0 spiro atoms. The molecular formula is C14H20N4O4. The first-order valence-electron chi connectivity index (χ1n) is 6.92. The van der Waals surface area contributed by atoms with Crippen LogP contribution in [0.4, 0.5) is 10.7 Å². The van der Waals surface area contributed by atoms with Crippen molar-refractivity contribution in [2.45, 2.75) is 45.6 Å². The largest absolute Gasteiger partial charge is 0.338 e. The molecule has 8 heteroatoms. The maximum absolute atomic E-state index is 12.0. The summed E-state index contributed by atoms with van der Waals surface area (Å²) in [4.78, 5) is 36.5. The zero-order chi connectivity index (χ0) is 16.7. The van der Waals surface area contributed by atoms with Gasteiger partial charge in [-0.1, -0.05) is 25.9 Å². The van der Waals surface area contributed by atoms with Crippen LogP contribution >= 0.6 is 0 Å². The highest BCUT2D eigenvalue weighted by molar-refractivity contribution is 6.09. The van der Waals surface area contributed by atoms with Crippen molar-refractivity contribution in [3.05, 3.63) is 11.8 Å². The third-order valence-corrected chi connectivity index (χ3v) is 3.29. The molecule has 0 aromatic carbocycles. The Morgan fingerprint density at radius 2 is 2.05 bits per heavy atom. The number of carbonyl (C=O) groups is 3. The predicted octanol–water partition coefficient (Wildman–Crippen LogP) is 1.24. The van der Waals surface area contributed by atoms with Gasteiger partial charge in [-0.15, -0.1) is 0 Å². The molecule has 0 saturated carbocycles. The van der Waals surface area contributed by atoms with Crippen molar-refractivity contribution in [3.8, 4) is 0 Å². The highest BCUT2D eigenvalue weighted by Crippen LogP contribution is 2.23. The van der Waals surface area contributed by atoms with Crippen molar-refractivity contribution in [2.75, 3.05) is 11.9 Å². The van der Waals surface area contributed by atoms with Crippen LogP contribution in [0, 0.1) is 0 Å². The SMILES string of the molecule is CC1(C)NC(=O)N(CC(=O)Nc2cc(C(C)(C)C)no2)C1=O. The van der Waals surface area contributed by atoms with E-state index in [-0.39, 0.29) is 17.8 Å². The molecule has 0 aliphatic carbocycles. The highest BCUT2D eigenvalue weighted by atomic mass is 16.5. The van der Waals surface area contributed by atoms with Gasteiger partial charge in [0.2, 0.25) is 11.8 Å². The van der Waals surface area contributed by atoms with Gasteiger partial charge in [-0.3, -0.25) is 19.8 Å². The Kier molecular flexibility index (Phi) is 3.72. The number of hydrogen-bond donors (Lipinski definition) is 2. The second kappa shape index (κ2) is 5.11. The molecule has 1 fully saturated rings. The molecule has 0 bridgehead atoms. The van der Waals surface area contributed by atoms with E-state index in [2.05, 4.69) is 15.8 Å². The van der Waals surface area contributed by atoms with E-state index in [0.29, 0.717) is 5.69 Å². The van der Waals surface area contributed by atoms with Crippen LogP contribution in [0.2, 0.25) is 0 Å². The zero-order valence-corrected chi connectivity index (χ0v) is 13.3. The van der Waals surface area contributed by atoms with Crippen LogP contribution in [0.15, 0.2) is 10.6 Å². The van der Waals surface area contributed by atoms with Gasteiger partial charge < -0.3 is 9.84 Å². The minimum Gasteiger partial charge on any atom is -0.338 e. The summed E-state index contributed by atoms with van der Waals surface area (Å²) in [7, 11) is 0. The van der Waals surface area contributed by atoms with E-state index in [1.807, 2.05) is 20.8 Å². The number of urea groups is 1. The summed E-state index contributed by atoms with van der Waals surface area (Å²) in [6, 6.07) is 1.03. The third-order valence-electron chi connectivity index (χ3n) is 3.29. The minimum atomic E-state index is -0.997. The molecule has 1 aromatic heterocycles. The fourth-order valence-electron chi connectivity index (χ4n) is 1.97. The fraction of sp³-hybridized carbons (Fsp3) is 0.571.